The van der Waals surface area contributed by atoms with Crippen LogP contribution < -0.4 is 5.32 Å². The normalized spacial score (nSPS) is 17.7. The number of aliphatic imine (C=N–C) groups is 1. The Morgan fingerprint density at radius 1 is 1.17 bits per heavy atom. The molecule has 2 aromatic rings. The highest BCUT2D eigenvalue weighted by atomic mass is 35.5. The van der Waals surface area contributed by atoms with Crippen LogP contribution in [0.15, 0.2) is 23.2 Å². The van der Waals surface area contributed by atoms with Crippen LogP contribution in [0, 0.1) is 13.8 Å². The van der Waals surface area contributed by atoms with Crippen molar-refractivity contribution < 1.29 is 0 Å². The number of rotatable bonds is 0. The van der Waals surface area contributed by atoms with Gasteiger partial charge in [-0.3, -0.25) is 0 Å². The Morgan fingerprint density at radius 3 is 2.67 bits per heavy atom. The number of anilines is 2. The van der Waals surface area contributed by atoms with Crippen LogP contribution >= 0.6 is 22.9 Å². The topological polar surface area (TPSA) is 30.9 Å². The molecule has 1 N–H and O–H groups in total. The van der Waals surface area contributed by atoms with Crippen LogP contribution in [-0.4, -0.2) is 48.9 Å². The molecule has 0 atom stereocenters. The molecule has 1 saturated heterocycles. The lowest BCUT2D eigenvalue weighted by atomic mass is 10.2. The maximum atomic E-state index is 6.21. The zero-order valence-electron chi connectivity index (χ0n) is 14.2. The van der Waals surface area contributed by atoms with Crippen molar-refractivity contribution >= 4 is 45.8 Å². The monoisotopic (exact) mass is 360 g/mol. The summed E-state index contributed by atoms with van der Waals surface area (Å²) in [7, 11) is 2.17. The van der Waals surface area contributed by atoms with Gasteiger partial charge in [0.2, 0.25) is 0 Å². The zero-order chi connectivity index (χ0) is 16.8. The maximum Gasteiger partial charge on any atom is 0.148 e. The summed E-state index contributed by atoms with van der Waals surface area (Å²) in [6.45, 7) is 8.49. The minimum Gasteiger partial charge on any atom is -0.353 e. The number of likely N-dealkylation sites (N-methyl/N-ethyl adjacent to an activating group) is 1. The second-order valence-electron chi connectivity index (χ2n) is 6.50. The predicted molar refractivity (Wildman–Crippen MR) is 104 cm³/mol. The highest BCUT2D eigenvalue weighted by Crippen LogP contribution is 2.42. The van der Waals surface area contributed by atoms with Crippen LogP contribution in [0.2, 0.25) is 5.02 Å². The Morgan fingerprint density at radius 2 is 1.92 bits per heavy atom. The van der Waals surface area contributed by atoms with E-state index in [9.17, 15) is 0 Å². The van der Waals surface area contributed by atoms with Crippen LogP contribution in [0.1, 0.15) is 15.3 Å². The molecule has 1 aromatic carbocycles. The number of fused-ring (bicyclic) bond motifs is 2. The number of nitrogens with one attached hydrogen (secondary N) is 1. The lowest BCUT2D eigenvalue weighted by molar-refractivity contribution is 0.216. The molecule has 1 fully saturated rings. The number of hydrogen-bond donors (Lipinski definition) is 1. The van der Waals surface area contributed by atoms with E-state index in [-0.39, 0.29) is 0 Å². The molecule has 6 heteroatoms. The highest BCUT2D eigenvalue weighted by Gasteiger charge is 2.27. The molecule has 0 bridgehead atoms. The van der Waals surface area contributed by atoms with Crippen molar-refractivity contribution in [3.63, 3.8) is 0 Å². The predicted octanol–water partition coefficient (Wildman–Crippen LogP) is 4.40. The molecule has 4 nitrogen and oxygen atoms in total. The summed E-state index contributed by atoms with van der Waals surface area (Å²) >= 11 is 8.04. The van der Waals surface area contributed by atoms with E-state index in [4.69, 9.17) is 16.6 Å². The summed E-state index contributed by atoms with van der Waals surface area (Å²) in [5.41, 5.74) is 4.43. The number of thiophene rings is 1. The first kappa shape index (κ1) is 15.9. The van der Waals surface area contributed by atoms with Gasteiger partial charge in [0.25, 0.3) is 0 Å². The van der Waals surface area contributed by atoms with Gasteiger partial charge in [-0.15, -0.1) is 11.3 Å². The summed E-state index contributed by atoms with van der Waals surface area (Å²) in [6, 6.07) is 5.88. The van der Waals surface area contributed by atoms with Gasteiger partial charge in [0.05, 0.1) is 21.9 Å². The van der Waals surface area contributed by atoms with Crippen molar-refractivity contribution in [1.29, 1.82) is 0 Å². The molecule has 1 aromatic heterocycles. The zero-order valence-corrected chi connectivity index (χ0v) is 15.8. The molecule has 0 unspecified atom stereocenters. The second kappa shape index (κ2) is 6.06. The molecule has 2 aliphatic rings. The fourth-order valence-electron chi connectivity index (χ4n) is 3.17. The Labute approximate surface area is 151 Å². The minimum atomic E-state index is 0.718. The quantitative estimate of drug-likeness (QED) is 0.755. The van der Waals surface area contributed by atoms with E-state index in [0.29, 0.717) is 0 Å². The Hall–Kier alpha value is -1.56. The van der Waals surface area contributed by atoms with Gasteiger partial charge < -0.3 is 15.1 Å². The molecule has 0 amide bonds. The number of amidine groups is 1. The third kappa shape index (κ3) is 2.70. The van der Waals surface area contributed by atoms with Crippen molar-refractivity contribution in [2.75, 3.05) is 38.5 Å². The van der Waals surface area contributed by atoms with E-state index in [1.165, 1.54) is 21.0 Å². The fourth-order valence-corrected chi connectivity index (χ4v) is 4.47. The van der Waals surface area contributed by atoms with Gasteiger partial charge in [-0.1, -0.05) is 11.6 Å². The van der Waals surface area contributed by atoms with Crippen LogP contribution in [0.4, 0.5) is 17.1 Å². The Kier molecular flexibility index (Phi) is 4.03. The molecule has 126 valence electrons. The summed E-state index contributed by atoms with van der Waals surface area (Å²) < 4.78 is 0. The SMILES string of the molecule is Cc1sc2c(c1C)Nc1ccc(Cl)cc1N=C2N1CCN(C)CC1. The highest BCUT2D eigenvalue weighted by molar-refractivity contribution is 7.15. The van der Waals surface area contributed by atoms with Gasteiger partial charge in [-0.2, -0.15) is 0 Å². The fraction of sp³-hybridized carbons (Fsp3) is 0.389. The van der Waals surface area contributed by atoms with E-state index in [2.05, 4.69) is 36.0 Å². The third-order valence-electron chi connectivity index (χ3n) is 4.84. The van der Waals surface area contributed by atoms with Crippen LogP contribution in [-0.2, 0) is 0 Å². The van der Waals surface area contributed by atoms with E-state index in [0.717, 1.165) is 48.4 Å². The van der Waals surface area contributed by atoms with E-state index < -0.39 is 0 Å². The smallest absolute Gasteiger partial charge is 0.148 e. The van der Waals surface area contributed by atoms with Crippen molar-refractivity contribution in [1.82, 2.24) is 9.80 Å². The number of hydrogen-bond acceptors (Lipinski definition) is 5. The van der Waals surface area contributed by atoms with Crippen molar-refractivity contribution in [2.24, 2.45) is 4.99 Å². The van der Waals surface area contributed by atoms with Crippen LogP contribution in [0.5, 0.6) is 0 Å². The number of benzene rings is 1. The van der Waals surface area contributed by atoms with Gasteiger partial charge in [-0.25, -0.2) is 4.99 Å². The van der Waals surface area contributed by atoms with Gasteiger partial charge in [0.15, 0.2) is 0 Å². The molecule has 0 aliphatic carbocycles. The largest absolute Gasteiger partial charge is 0.353 e. The van der Waals surface area contributed by atoms with Crippen molar-refractivity contribution in [2.45, 2.75) is 13.8 Å². The van der Waals surface area contributed by atoms with Crippen LogP contribution in [0.25, 0.3) is 0 Å². The van der Waals surface area contributed by atoms with Gasteiger partial charge >= 0.3 is 0 Å². The standard InChI is InChI=1S/C18H21ClN4S/c1-11-12(2)24-17-16(11)20-14-5-4-13(19)10-15(14)21-18(17)23-8-6-22(3)7-9-23/h4-5,10,20H,6-9H2,1-3H3. The Bertz CT molecular complexity index is 819. The molecule has 24 heavy (non-hydrogen) atoms. The molecule has 2 aliphatic heterocycles. The molecule has 0 saturated carbocycles. The number of nitrogens with zero attached hydrogens (tertiary/aromatic N) is 3. The Balaban J connectivity index is 1.86. The van der Waals surface area contributed by atoms with E-state index >= 15 is 0 Å². The lowest BCUT2D eigenvalue weighted by Gasteiger charge is -2.34. The molecule has 3 heterocycles. The van der Waals surface area contributed by atoms with Gasteiger partial charge in [0, 0.05) is 36.1 Å². The van der Waals surface area contributed by atoms with E-state index in [1.807, 2.05) is 29.5 Å². The average molecular weight is 361 g/mol. The molecule has 0 spiro atoms. The molecular formula is C18H21ClN4S. The first-order valence-corrected chi connectivity index (χ1v) is 9.41. The first-order valence-electron chi connectivity index (χ1n) is 8.22. The molecular weight excluding hydrogens is 340 g/mol. The summed E-state index contributed by atoms with van der Waals surface area (Å²) in [5, 5.41) is 4.32. The second-order valence-corrected chi connectivity index (χ2v) is 8.16. The maximum absolute atomic E-state index is 6.21. The van der Waals surface area contributed by atoms with Gasteiger partial charge in [0.1, 0.15) is 5.84 Å². The lowest BCUT2D eigenvalue weighted by Crippen LogP contribution is -2.47. The van der Waals surface area contributed by atoms with Crippen molar-refractivity contribution in [3.05, 3.63) is 38.5 Å². The number of aryl methyl sites for hydroxylation is 1. The summed E-state index contributed by atoms with van der Waals surface area (Å²) in [4.78, 5) is 12.4. The minimum absolute atomic E-state index is 0.718. The van der Waals surface area contributed by atoms with E-state index in [1.54, 1.807) is 0 Å². The van der Waals surface area contributed by atoms with Crippen molar-refractivity contribution in [3.8, 4) is 0 Å². The molecule has 4 rings (SSSR count). The number of piperazine rings is 1. The van der Waals surface area contributed by atoms with Gasteiger partial charge in [-0.05, 0) is 44.7 Å². The molecule has 0 radical (unpaired) electrons. The van der Waals surface area contributed by atoms with Crippen LogP contribution in [0.3, 0.4) is 0 Å². The number of halogens is 1. The summed E-state index contributed by atoms with van der Waals surface area (Å²) in [6.07, 6.45) is 0. The average Bonchev–Trinajstić information content (AvgIpc) is 2.75. The first-order chi connectivity index (χ1) is 11.5. The summed E-state index contributed by atoms with van der Waals surface area (Å²) in [5.74, 6) is 1.08. The third-order valence-corrected chi connectivity index (χ3v) is 6.28.